The number of likely N-dealkylation sites (tertiary alicyclic amines) is 1. The van der Waals surface area contributed by atoms with Gasteiger partial charge in [-0.15, -0.1) is 12.4 Å². The minimum Gasteiger partial charge on any atom is -0.340 e. The van der Waals surface area contributed by atoms with Crippen LogP contribution in [0.2, 0.25) is 0 Å². The lowest BCUT2D eigenvalue weighted by Gasteiger charge is -2.39. The van der Waals surface area contributed by atoms with Crippen molar-refractivity contribution in [2.24, 2.45) is 5.92 Å². The average molecular weight is 345 g/mol. The zero-order valence-electron chi connectivity index (χ0n) is 14.0. The molecule has 1 atom stereocenters. The summed E-state index contributed by atoms with van der Waals surface area (Å²) in [7, 11) is 0. The molecule has 0 aromatic rings. The van der Waals surface area contributed by atoms with E-state index in [1.807, 2.05) is 9.80 Å². The van der Waals surface area contributed by atoms with Gasteiger partial charge in [-0.25, -0.2) is 0 Å². The van der Waals surface area contributed by atoms with Gasteiger partial charge in [0.2, 0.25) is 11.8 Å². The minimum atomic E-state index is 0. The SMILES string of the molecule is CC1CCCCN1C(=O)CN1CCN(C(=O)C2CNC2)CC1.Cl. The Balaban J connectivity index is 0.00000192. The van der Waals surface area contributed by atoms with E-state index in [4.69, 9.17) is 0 Å². The van der Waals surface area contributed by atoms with Gasteiger partial charge in [0.1, 0.15) is 0 Å². The van der Waals surface area contributed by atoms with E-state index < -0.39 is 0 Å². The molecule has 1 unspecified atom stereocenters. The third kappa shape index (κ3) is 4.37. The van der Waals surface area contributed by atoms with Gasteiger partial charge in [-0.2, -0.15) is 0 Å². The van der Waals surface area contributed by atoms with Gasteiger partial charge in [-0.1, -0.05) is 0 Å². The van der Waals surface area contributed by atoms with Crippen molar-refractivity contribution >= 4 is 24.2 Å². The normalized spacial score (nSPS) is 26.4. The van der Waals surface area contributed by atoms with E-state index in [-0.39, 0.29) is 30.1 Å². The van der Waals surface area contributed by atoms with Crippen molar-refractivity contribution in [3.8, 4) is 0 Å². The van der Waals surface area contributed by atoms with Crippen molar-refractivity contribution in [1.82, 2.24) is 20.0 Å². The molecule has 0 spiro atoms. The molecule has 0 aromatic heterocycles. The van der Waals surface area contributed by atoms with Crippen LogP contribution in [-0.2, 0) is 9.59 Å². The standard InChI is InChI=1S/C16H28N4O2.ClH/c1-13-4-2-3-5-20(13)15(21)12-18-6-8-19(9-7-18)16(22)14-10-17-11-14;/h13-14,17H,2-12H2,1H3;1H. The predicted molar refractivity (Wildman–Crippen MR) is 91.7 cm³/mol. The summed E-state index contributed by atoms with van der Waals surface area (Å²) in [4.78, 5) is 30.9. The lowest BCUT2D eigenvalue weighted by Crippen LogP contribution is -2.57. The van der Waals surface area contributed by atoms with Gasteiger partial charge >= 0.3 is 0 Å². The number of piperazine rings is 1. The maximum atomic E-state index is 12.5. The molecule has 0 aliphatic carbocycles. The molecule has 6 nitrogen and oxygen atoms in total. The third-order valence-electron chi connectivity index (χ3n) is 5.30. The Bertz CT molecular complexity index is 422. The quantitative estimate of drug-likeness (QED) is 0.793. The lowest BCUT2D eigenvalue weighted by molar-refractivity contribution is -0.140. The third-order valence-corrected chi connectivity index (χ3v) is 5.30. The second-order valence-corrected chi connectivity index (χ2v) is 6.89. The Labute approximate surface area is 145 Å². The second-order valence-electron chi connectivity index (χ2n) is 6.89. The molecule has 3 heterocycles. The number of amides is 2. The van der Waals surface area contributed by atoms with Gasteiger partial charge in [-0.3, -0.25) is 14.5 Å². The van der Waals surface area contributed by atoms with Crippen LogP contribution in [0, 0.1) is 5.92 Å². The zero-order valence-corrected chi connectivity index (χ0v) is 14.8. The molecule has 1 N–H and O–H groups in total. The molecule has 23 heavy (non-hydrogen) atoms. The van der Waals surface area contributed by atoms with E-state index in [0.717, 1.165) is 58.7 Å². The van der Waals surface area contributed by atoms with Gasteiger partial charge in [0.15, 0.2) is 0 Å². The van der Waals surface area contributed by atoms with Crippen molar-refractivity contribution in [3.63, 3.8) is 0 Å². The maximum absolute atomic E-state index is 12.5. The van der Waals surface area contributed by atoms with Crippen molar-refractivity contribution in [2.75, 3.05) is 52.4 Å². The summed E-state index contributed by atoms with van der Waals surface area (Å²) < 4.78 is 0. The largest absolute Gasteiger partial charge is 0.340 e. The summed E-state index contributed by atoms with van der Waals surface area (Å²) in [6.07, 6.45) is 3.50. The fourth-order valence-electron chi connectivity index (χ4n) is 3.60. The van der Waals surface area contributed by atoms with E-state index in [0.29, 0.717) is 12.6 Å². The highest BCUT2D eigenvalue weighted by Gasteiger charge is 2.32. The first-order chi connectivity index (χ1) is 10.6. The van der Waals surface area contributed by atoms with Crippen molar-refractivity contribution < 1.29 is 9.59 Å². The monoisotopic (exact) mass is 344 g/mol. The van der Waals surface area contributed by atoms with E-state index in [1.54, 1.807) is 0 Å². The molecule has 3 aliphatic rings. The maximum Gasteiger partial charge on any atom is 0.236 e. The van der Waals surface area contributed by atoms with E-state index >= 15 is 0 Å². The number of carbonyl (C=O) groups excluding carboxylic acids is 2. The topological polar surface area (TPSA) is 55.9 Å². The summed E-state index contributed by atoms with van der Waals surface area (Å²) in [6.45, 7) is 8.38. The molecular formula is C16H29ClN4O2. The summed E-state index contributed by atoms with van der Waals surface area (Å²) in [5, 5.41) is 3.15. The smallest absolute Gasteiger partial charge is 0.236 e. The second kappa shape index (κ2) is 8.31. The summed E-state index contributed by atoms with van der Waals surface area (Å²) >= 11 is 0. The van der Waals surface area contributed by atoms with Gasteiger partial charge in [0.05, 0.1) is 12.5 Å². The highest BCUT2D eigenvalue weighted by atomic mass is 35.5. The number of nitrogens with zero attached hydrogens (tertiary/aromatic N) is 3. The molecule has 0 aromatic carbocycles. The number of hydrogen-bond acceptors (Lipinski definition) is 4. The van der Waals surface area contributed by atoms with Gasteiger partial charge in [0.25, 0.3) is 0 Å². The molecule has 0 bridgehead atoms. The Morgan fingerprint density at radius 3 is 2.30 bits per heavy atom. The van der Waals surface area contributed by atoms with Gasteiger partial charge in [-0.05, 0) is 26.2 Å². The number of halogens is 1. The molecule has 3 fully saturated rings. The highest BCUT2D eigenvalue weighted by molar-refractivity contribution is 5.85. The highest BCUT2D eigenvalue weighted by Crippen LogP contribution is 2.17. The van der Waals surface area contributed by atoms with Crippen LogP contribution in [0.3, 0.4) is 0 Å². The zero-order chi connectivity index (χ0) is 15.5. The molecule has 2 amide bonds. The Morgan fingerprint density at radius 1 is 1.04 bits per heavy atom. The van der Waals surface area contributed by atoms with Gasteiger partial charge in [0, 0.05) is 51.9 Å². The first kappa shape index (κ1) is 18.5. The van der Waals surface area contributed by atoms with Crippen molar-refractivity contribution in [2.45, 2.75) is 32.2 Å². The molecule has 7 heteroatoms. The molecule has 132 valence electrons. The predicted octanol–water partition coefficient (Wildman–Crippen LogP) is 0.173. The summed E-state index contributed by atoms with van der Waals surface area (Å²) in [5.74, 6) is 0.729. The first-order valence-electron chi connectivity index (χ1n) is 8.66. The van der Waals surface area contributed by atoms with E-state index in [1.165, 1.54) is 6.42 Å². The molecule has 0 saturated carbocycles. The summed E-state index contributed by atoms with van der Waals surface area (Å²) in [5.41, 5.74) is 0. The number of nitrogens with one attached hydrogen (secondary N) is 1. The fraction of sp³-hybridized carbons (Fsp3) is 0.875. The average Bonchev–Trinajstić information content (AvgIpc) is 2.46. The van der Waals surface area contributed by atoms with Crippen LogP contribution < -0.4 is 5.32 Å². The number of piperidine rings is 1. The van der Waals surface area contributed by atoms with Crippen LogP contribution in [0.15, 0.2) is 0 Å². The van der Waals surface area contributed by atoms with E-state index in [9.17, 15) is 9.59 Å². The molecular weight excluding hydrogens is 316 g/mol. The van der Waals surface area contributed by atoms with Gasteiger partial charge < -0.3 is 15.1 Å². The number of carbonyl (C=O) groups is 2. The van der Waals surface area contributed by atoms with Crippen molar-refractivity contribution in [3.05, 3.63) is 0 Å². The van der Waals surface area contributed by atoms with Crippen LogP contribution in [0.5, 0.6) is 0 Å². The minimum absolute atomic E-state index is 0. The number of rotatable bonds is 3. The van der Waals surface area contributed by atoms with Crippen LogP contribution in [-0.4, -0.2) is 84.9 Å². The molecule has 3 aliphatic heterocycles. The summed E-state index contributed by atoms with van der Waals surface area (Å²) in [6, 6.07) is 0.384. The Hall–Kier alpha value is -0.850. The van der Waals surface area contributed by atoms with Crippen LogP contribution in [0.4, 0.5) is 0 Å². The van der Waals surface area contributed by atoms with Crippen LogP contribution >= 0.6 is 12.4 Å². The fourth-order valence-corrected chi connectivity index (χ4v) is 3.60. The molecule has 3 rings (SSSR count). The molecule has 3 saturated heterocycles. The first-order valence-corrected chi connectivity index (χ1v) is 8.66. The van der Waals surface area contributed by atoms with E-state index in [2.05, 4.69) is 17.1 Å². The van der Waals surface area contributed by atoms with Crippen LogP contribution in [0.1, 0.15) is 26.2 Å². The number of hydrogen-bond donors (Lipinski definition) is 1. The Kier molecular flexibility index (Phi) is 6.68. The van der Waals surface area contributed by atoms with Crippen LogP contribution in [0.25, 0.3) is 0 Å². The lowest BCUT2D eigenvalue weighted by atomic mass is 10.0. The molecule has 0 radical (unpaired) electrons. The Morgan fingerprint density at radius 2 is 1.74 bits per heavy atom. The van der Waals surface area contributed by atoms with Crippen molar-refractivity contribution in [1.29, 1.82) is 0 Å².